The zero-order valence-corrected chi connectivity index (χ0v) is 17.0. The number of nitrogens with one attached hydrogen (secondary N) is 1. The molecule has 0 amide bonds. The second-order valence-electron chi connectivity index (χ2n) is 6.12. The Morgan fingerprint density at radius 1 is 1.14 bits per heavy atom. The molecule has 1 atom stereocenters. The lowest BCUT2D eigenvalue weighted by Crippen LogP contribution is -2.38. The van der Waals surface area contributed by atoms with Crippen LogP contribution in [0.15, 0.2) is 53.4 Å². The van der Waals surface area contributed by atoms with E-state index >= 15 is 0 Å². The molecule has 8 nitrogen and oxygen atoms in total. The summed E-state index contributed by atoms with van der Waals surface area (Å²) in [5, 5.41) is 10.8. The first-order chi connectivity index (χ1) is 13.3. The largest absolute Gasteiger partial charge is 0.497 e. The standard InChI is InChI=1S/C19H25N3O5S/c1-4-21(5-2)19(15-7-6-8-17(13-15)27-3)14-20-28(25,26)18-11-9-16(10-12-18)22(23)24/h6-13,19-20H,4-5,14H2,1-3H3. The molecule has 2 aromatic carbocycles. The van der Waals surface area contributed by atoms with Gasteiger partial charge in [-0.1, -0.05) is 26.0 Å². The Morgan fingerprint density at radius 3 is 2.32 bits per heavy atom. The molecule has 1 N–H and O–H groups in total. The Bertz CT molecular complexity index is 896. The molecule has 0 aliphatic rings. The SMILES string of the molecule is CCN(CC)C(CNS(=O)(=O)c1ccc([N+](=O)[O-])cc1)c1cccc(OC)c1. The van der Waals surface area contributed by atoms with E-state index in [1.165, 1.54) is 24.3 Å². The maximum atomic E-state index is 12.6. The van der Waals surface area contributed by atoms with E-state index in [1.807, 2.05) is 38.1 Å². The van der Waals surface area contributed by atoms with Crippen molar-refractivity contribution in [2.24, 2.45) is 0 Å². The average Bonchev–Trinajstić information content (AvgIpc) is 2.71. The number of hydrogen-bond donors (Lipinski definition) is 1. The third-order valence-electron chi connectivity index (χ3n) is 4.56. The second-order valence-corrected chi connectivity index (χ2v) is 7.88. The number of rotatable bonds is 10. The van der Waals surface area contributed by atoms with E-state index in [0.29, 0.717) is 5.75 Å². The highest BCUT2D eigenvalue weighted by Gasteiger charge is 2.23. The van der Waals surface area contributed by atoms with Crippen molar-refractivity contribution >= 4 is 15.7 Å². The van der Waals surface area contributed by atoms with E-state index in [0.717, 1.165) is 18.7 Å². The van der Waals surface area contributed by atoms with Crippen molar-refractivity contribution in [3.63, 3.8) is 0 Å². The number of methoxy groups -OCH3 is 1. The second kappa shape index (κ2) is 9.63. The molecule has 9 heteroatoms. The van der Waals surface area contributed by atoms with Crippen molar-refractivity contribution in [3.05, 3.63) is 64.2 Å². The molecule has 0 aliphatic heterocycles. The summed E-state index contributed by atoms with van der Waals surface area (Å²) in [6.07, 6.45) is 0. The van der Waals surface area contributed by atoms with Gasteiger partial charge in [0.05, 0.1) is 16.9 Å². The van der Waals surface area contributed by atoms with Crippen LogP contribution < -0.4 is 9.46 Å². The molecule has 0 saturated carbocycles. The highest BCUT2D eigenvalue weighted by molar-refractivity contribution is 7.89. The first-order valence-corrected chi connectivity index (χ1v) is 10.4. The van der Waals surface area contributed by atoms with Crippen molar-refractivity contribution in [2.75, 3.05) is 26.7 Å². The van der Waals surface area contributed by atoms with Crippen LogP contribution in [0.25, 0.3) is 0 Å². The van der Waals surface area contributed by atoms with Crippen LogP contribution in [-0.2, 0) is 10.0 Å². The Balaban J connectivity index is 2.25. The topological polar surface area (TPSA) is 102 Å². The molecule has 0 bridgehead atoms. The monoisotopic (exact) mass is 407 g/mol. The van der Waals surface area contributed by atoms with E-state index in [9.17, 15) is 18.5 Å². The number of nitro benzene ring substituents is 1. The fraction of sp³-hybridized carbons (Fsp3) is 0.368. The first-order valence-electron chi connectivity index (χ1n) is 8.94. The summed E-state index contributed by atoms with van der Waals surface area (Å²) in [4.78, 5) is 12.3. The van der Waals surface area contributed by atoms with E-state index in [1.54, 1.807) is 7.11 Å². The maximum Gasteiger partial charge on any atom is 0.269 e. The van der Waals surface area contributed by atoms with Crippen molar-refractivity contribution in [1.29, 1.82) is 0 Å². The van der Waals surface area contributed by atoms with Crippen molar-refractivity contribution in [1.82, 2.24) is 9.62 Å². The summed E-state index contributed by atoms with van der Waals surface area (Å²) < 4.78 is 33.2. The smallest absolute Gasteiger partial charge is 0.269 e. The summed E-state index contributed by atoms with van der Waals surface area (Å²) in [6, 6.07) is 12.2. The molecule has 0 spiro atoms. The van der Waals surface area contributed by atoms with E-state index < -0.39 is 14.9 Å². The van der Waals surface area contributed by atoms with E-state index in [2.05, 4.69) is 9.62 Å². The summed E-state index contributed by atoms with van der Waals surface area (Å²) >= 11 is 0. The number of hydrogen-bond acceptors (Lipinski definition) is 6. The lowest BCUT2D eigenvalue weighted by molar-refractivity contribution is -0.384. The minimum absolute atomic E-state index is 0.0120. The van der Waals surface area contributed by atoms with Crippen LogP contribution in [0.4, 0.5) is 5.69 Å². The van der Waals surface area contributed by atoms with Gasteiger partial charge in [0.25, 0.3) is 5.69 Å². The minimum Gasteiger partial charge on any atom is -0.497 e. The molecular weight excluding hydrogens is 382 g/mol. The Labute approximate surface area is 165 Å². The van der Waals surface area contributed by atoms with Crippen LogP contribution in [0.3, 0.4) is 0 Å². The van der Waals surface area contributed by atoms with Crippen LogP contribution in [0.1, 0.15) is 25.5 Å². The zero-order valence-electron chi connectivity index (χ0n) is 16.2. The molecular formula is C19H25N3O5S. The van der Waals surface area contributed by atoms with Crippen LogP contribution in [-0.4, -0.2) is 45.0 Å². The van der Waals surface area contributed by atoms with Gasteiger partial charge in [-0.05, 0) is 42.9 Å². The van der Waals surface area contributed by atoms with Gasteiger partial charge in [0.1, 0.15) is 5.75 Å². The lowest BCUT2D eigenvalue weighted by atomic mass is 10.0. The highest BCUT2D eigenvalue weighted by Crippen LogP contribution is 2.24. The third kappa shape index (κ3) is 5.28. The van der Waals surface area contributed by atoms with Crippen LogP contribution in [0.5, 0.6) is 5.75 Å². The molecule has 2 rings (SSSR count). The fourth-order valence-electron chi connectivity index (χ4n) is 2.99. The minimum atomic E-state index is -3.80. The average molecular weight is 407 g/mol. The Morgan fingerprint density at radius 2 is 1.79 bits per heavy atom. The van der Waals surface area contributed by atoms with Gasteiger partial charge >= 0.3 is 0 Å². The van der Waals surface area contributed by atoms with Crippen molar-refractivity contribution in [3.8, 4) is 5.75 Å². The number of non-ortho nitro benzene ring substituents is 1. The van der Waals surface area contributed by atoms with Crippen LogP contribution >= 0.6 is 0 Å². The Hall–Kier alpha value is -2.49. The zero-order chi connectivity index (χ0) is 20.7. The third-order valence-corrected chi connectivity index (χ3v) is 6.00. The number of benzene rings is 2. The predicted octanol–water partition coefficient (Wildman–Crippen LogP) is 2.96. The van der Waals surface area contributed by atoms with Crippen molar-refractivity contribution in [2.45, 2.75) is 24.8 Å². The van der Waals surface area contributed by atoms with Gasteiger partial charge in [-0.2, -0.15) is 0 Å². The van der Waals surface area contributed by atoms with Crippen LogP contribution in [0.2, 0.25) is 0 Å². The van der Waals surface area contributed by atoms with E-state index in [4.69, 9.17) is 4.74 Å². The highest BCUT2D eigenvalue weighted by atomic mass is 32.2. The number of nitro groups is 1. The maximum absolute atomic E-state index is 12.6. The lowest BCUT2D eigenvalue weighted by Gasteiger charge is -2.30. The summed E-state index contributed by atoms with van der Waals surface area (Å²) in [6.45, 7) is 5.69. The van der Waals surface area contributed by atoms with Gasteiger partial charge in [-0.25, -0.2) is 13.1 Å². The molecule has 0 aromatic heterocycles. The van der Waals surface area contributed by atoms with Gasteiger partial charge in [0, 0.05) is 24.7 Å². The number of likely N-dealkylation sites (N-methyl/N-ethyl adjacent to an activating group) is 1. The molecule has 0 aliphatic carbocycles. The van der Waals surface area contributed by atoms with Gasteiger partial charge in [-0.15, -0.1) is 0 Å². The predicted molar refractivity (Wildman–Crippen MR) is 107 cm³/mol. The quantitative estimate of drug-likeness (QED) is 0.480. The number of sulfonamides is 1. The summed E-state index contributed by atoms with van der Waals surface area (Å²) in [5.41, 5.74) is 0.783. The normalized spacial score (nSPS) is 12.7. The molecule has 28 heavy (non-hydrogen) atoms. The number of ether oxygens (including phenoxy) is 1. The van der Waals surface area contributed by atoms with Gasteiger partial charge in [-0.3, -0.25) is 15.0 Å². The van der Waals surface area contributed by atoms with Gasteiger partial charge < -0.3 is 4.74 Å². The van der Waals surface area contributed by atoms with E-state index in [-0.39, 0.29) is 23.2 Å². The molecule has 0 saturated heterocycles. The van der Waals surface area contributed by atoms with Crippen LogP contribution in [0, 0.1) is 10.1 Å². The first kappa shape index (κ1) is 21.8. The Kier molecular flexibility index (Phi) is 7.50. The molecule has 1 unspecified atom stereocenters. The summed E-state index contributed by atoms with van der Waals surface area (Å²) in [5.74, 6) is 0.702. The number of nitrogens with zero attached hydrogens (tertiary/aromatic N) is 2. The molecule has 0 fully saturated rings. The molecule has 152 valence electrons. The van der Waals surface area contributed by atoms with Gasteiger partial charge in [0.15, 0.2) is 0 Å². The molecule has 2 aromatic rings. The molecule has 0 radical (unpaired) electrons. The summed E-state index contributed by atoms with van der Waals surface area (Å²) in [7, 11) is -2.22. The van der Waals surface area contributed by atoms with Gasteiger partial charge in [0.2, 0.25) is 10.0 Å². The fourth-order valence-corrected chi connectivity index (χ4v) is 4.03. The van der Waals surface area contributed by atoms with Crippen molar-refractivity contribution < 1.29 is 18.1 Å². The molecule has 0 heterocycles.